The van der Waals surface area contributed by atoms with E-state index in [2.05, 4.69) is 0 Å². The fourth-order valence-electron chi connectivity index (χ4n) is 4.97. The normalized spacial score (nSPS) is 21.7. The molecule has 0 amide bonds. The first kappa shape index (κ1) is 23.7. The van der Waals surface area contributed by atoms with Gasteiger partial charge in [0.15, 0.2) is 0 Å². The summed E-state index contributed by atoms with van der Waals surface area (Å²) in [4.78, 5) is -0.994. The Morgan fingerprint density at radius 2 is 1.40 bits per heavy atom. The second-order valence-corrected chi connectivity index (χ2v) is 10.3. The second kappa shape index (κ2) is 7.25. The molecular formula is C25H18F6O3S. The highest BCUT2D eigenvalue weighted by atomic mass is 32.2. The van der Waals surface area contributed by atoms with Crippen LogP contribution in [0.15, 0.2) is 68.3 Å². The lowest BCUT2D eigenvalue weighted by molar-refractivity contribution is -0.258. The lowest BCUT2D eigenvalue weighted by atomic mass is 9.88. The molecule has 0 bridgehead atoms. The summed E-state index contributed by atoms with van der Waals surface area (Å²) in [5.74, 6) is -16.7. The Morgan fingerprint density at radius 3 is 2.06 bits per heavy atom. The minimum Gasteiger partial charge on any atom is -0.460 e. The Labute approximate surface area is 196 Å². The first-order chi connectivity index (χ1) is 16.3. The number of rotatable bonds is 4. The fraction of sp³-hybridized carbons (Fsp3) is 0.280. The number of para-hydroxylation sites is 1. The number of aryl methyl sites for hydroxylation is 1. The van der Waals surface area contributed by atoms with E-state index < -0.39 is 54.8 Å². The third-order valence-electron chi connectivity index (χ3n) is 6.53. The van der Waals surface area contributed by atoms with Gasteiger partial charge in [0.1, 0.15) is 11.3 Å². The molecule has 0 fully saturated rings. The molecule has 0 N–H and O–H groups in total. The highest BCUT2D eigenvalue weighted by Gasteiger charge is 2.81. The van der Waals surface area contributed by atoms with Gasteiger partial charge in [0.2, 0.25) is 9.84 Å². The van der Waals surface area contributed by atoms with Gasteiger partial charge >= 0.3 is 17.8 Å². The Morgan fingerprint density at radius 1 is 0.800 bits per heavy atom. The van der Waals surface area contributed by atoms with Gasteiger partial charge in [0, 0.05) is 39.7 Å². The summed E-state index contributed by atoms with van der Waals surface area (Å²) in [5, 5.41) is -0.0437. The van der Waals surface area contributed by atoms with E-state index in [1.807, 2.05) is 0 Å². The van der Waals surface area contributed by atoms with E-state index in [1.165, 1.54) is 50.2 Å². The van der Waals surface area contributed by atoms with Gasteiger partial charge in [0.25, 0.3) is 0 Å². The lowest BCUT2D eigenvalue weighted by Crippen LogP contribution is -2.49. The maximum absolute atomic E-state index is 15.5. The maximum atomic E-state index is 15.5. The van der Waals surface area contributed by atoms with Gasteiger partial charge < -0.3 is 4.42 Å². The third-order valence-corrected chi connectivity index (χ3v) is 8.60. The van der Waals surface area contributed by atoms with E-state index >= 15 is 17.6 Å². The Bertz CT molecular complexity index is 1560. The molecule has 0 unspecified atom stereocenters. The molecule has 1 aliphatic carbocycles. The van der Waals surface area contributed by atoms with Crippen LogP contribution >= 0.6 is 0 Å². The molecule has 35 heavy (non-hydrogen) atoms. The number of alkyl halides is 6. The van der Waals surface area contributed by atoms with Gasteiger partial charge in [-0.25, -0.2) is 8.42 Å². The van der Waals surface area contributed by atoms with E-state index in [9.17, 15) is 17.2 Å². The SMILES string of the molecule is CCC1=C(C2=C(c3c(CC)oc4ccccc34)C(F)(F)C(F)(F)C2(F)F)c2ccccc2S1(=O)=O. The largest absolute Gasteiger partial charge is 0.460 e. The summed E-state index contributed by atoms with van der Waals surface area (Å²) in [6, 6.07) is 10.7. The van der Waals surface area contributed by atoms with Gasteiger partial charge in [-0.1, -0.05) is 50.2 Å². The number of halogens is 6. The highest BCUT2D eigenvalue weighted by Crippen LogP contribution is 2.67. The summed E-state index contributed by atoms with van der Waals surface area (Å²) < 4.78 is 124. The van der Waals surface area contributed by atoms with Crippen molar-refractivity contribution in [3.05, 3.63) is 75.9 Å². The Hall–Kier alpha value is -3.01. The molecule has 0 spiro atoms. The predicted octanol–water partition coefficient (Wildman–Crippen LogP) is 7.28. The van der Waals surface area contributed by atoms with Crippen LogP contribution in [0.4, 0.5) is 26.3 Å². The lowest BCUT2D eigenvalue weighted by Gasteiger charge is -2.26. The van der Waals surface area contributed by atoms with Crippen molar-refractivity contribution in [2.24, 2.45) is 0 Å². The summed E-state index contributed by atoms with van der Waals surface area (Å²) in [7, 11) is -4.36. The summed E-state index contributed by atoms with van der Waals surface area (Å²) >= 11 is 0. The van der Waals surface area contributed by atoms with Gasteiger partial charge in [-0.2, -0.15) is 26.3 Å². The first-order valence-corrected chi connectivity index (χ1v) is 12.3. The summed E-state index contributed by atoms with van der Waals surface area (Å²) in [6.07, 6.45) is -0.411. The minimum atomic E-state index is -5.82. The Balaban J connectivity index is 2.03. The average molecular weight is 512 g/mol. The number of fused-ring (bicyclic) bond motifs is 2. The fourth-order valence-corrected chi connectivity index (χ4v) is 6.82. The number of hydrogen-bond donors (Lipinski definition) is 0. The molecule has 0 saturated carbocycles. The number of sulfone groups is 1. The van der Waals surface area contributed by atoms with Gasteiger partial charge in [-0.05, 0) is 18.6 Å². The zero-order valence-corrected chi connectivity index (χ0v) is 19.3. The zero-order valence-electron chi connectivity index (χ0n) is 18.4. The number of allylic oxidation sites excluding steroid dienone is 4. The van der Waals surface area contributed by atoms with Crippen LogP contribution in [0.5, 0.6) is 0 Å². The molecule has 1 aliphatic heterocycles. The number of benzene rings is 2. The molecule has 2 heterocycles. The van der Waals surface area contributed by atoms with Crippen LogP contribution in [0.25, 0.3) is 22.1 Å². The van der Waals surface area contributed by atoms with Crippen LogP contribution < -0.4 is 0 Å². The van der Waals surface area contributed by atoms with Crippen LogP contribution in [0.3, 0.4) is 0 Å². The molecule has 0 atom stereocenters. The molecule has 3 aromatic rings. The van der Waals surface area contributed by atoms with Gasteiger partial charge in [0.05, 0.1) is 9.80 Å². The molecule has 1 aromatic heterocycles. The molecular weight excluding hydrogens is 494 g/mol. The van der Waals surface area contributed by atoms with Crippen LogP contribution in [-0.4, -0.2) is 26.2 Å². The first-order valence-electron chi connectivity index (χ1n) is 10.8. The highest BCUT2D eigenvalue weighted by molar-refractivity contribution is 7.96. The smallest absolute Gasteiger partial charge is 0.380 e. The third kappa shape index (κ3) is 2.77. The summed E-state index contributed by atoms with van der Waals surface area (Å²) in [5.41, 5.74) is -4.90. The molecule has 5 rings (SSSR count). The molecule has 0 saturated heterocycles. The second-order valence-electron chi connectivity index (χ2n) is 8.37. The zero-order chi connectivity index (χ0) is 25.6. The monoisotopic (exact) mass is 512 g/mol. The van der Waals surface area contributed by atoms with Crippen molar-refractivity contribution in [2.75, 3.05) is 0 Å². The van der Waals surface area contributed by atoms with Crippen molar-refractivity contribution >= 4 is 32.0 Å². The van der Waals surface area contributed by atoms with Crippen LogP contribution in [0.1, 0.15) is 37.2 Å². The molecule has 2 aromatic carbocycles. The van der Waals surface area contributed by atoms with Crippen molar-refractivity contribution < 1.29 is 39.2 Å². The number of hydrogen-bond acceptors (Lipinski definition) is 3. The minimum absolute atomic E-state index is 0.0437. The van der Waals surface area contributed by atoms with Gasteiger partial charge in [-0.15, -0.1) is 0 Å². The van der Waals surface area contributed by atoms with Crippen LogP contribution in [-0.2, 0) is 16.3 Å². The topological polar surface area (TPSA) is 47.3 Å². The molecule has 3 nitrogen and oxygen atoms in total. The van der Waals surface area contributed by atoms with E-state index in [4.69, 9.17) is 4.42 Å². The van der Waals surface area contributed by atoms with Crippen molar-refractivity contribution in [3.63, 3.8) is 0 Å². The van der Waals surface area contributed by atoms with Crippen molar-refractivity contribution in [1.29, 1.82) is 0 Å². The van der Waals surface area contributed by atoms with Crippen molar-refractivity contribution in [3.8, 4) is 0 Å². The molecule has 10 heteroatoms. The predicted molar refractivity (Wildman–Crippen MR) is 118 cm³/mol. The molecule has 184 valence electrons. The van der Waals surface area contributed by atoms with Crippen LogP contribution in [0.2, 0.25) is 0 Å². The van der Waals surface area contributed by atoms with E-state index in [0.717, 1.165) is 12.1 Å². The summed E-state index contributed by atoms with van der Waals surface area (Å²) in [6.45, 7) is 2.85. The van der Waals surface area contributed by atoms with Crippen molar-refractivity contribution in [2.45, 2.75) is 49.4 Å². The Kier molecular flexibility index (Phi) is 4.92. The van der Waals surface area contributed by atoms with E-state index in [0.29, 0.717) is 0 Å². The number of furan rings is 1. The van der Waals surface area contributed by atoms with Gasteiger partial charge in [-0.3, -0.25) is 0 Å². The quantitative estimate of drug-likeness (QED) is 0.345. The van der Waals surface area contributed by atoms with Crippen molar-refractivity contribution in [1.82, 2.24) is 0 Å². The maximum Gasteiger partial charge on any atom is 0.380 e. The average Bonchev–Trinajstić information content (AvgIpc) is 3.31. The molecule has 0 radical (unpaired) electrons. The molecule has 2 aliphatic rings. The standard InChI is InChI=1S/C25H18F6O3S/c1-3-15-19(13-9-5-7-11-16(13)34-15)21-22(24(28,29)25(30,31)23(21,26)27)20-14-10-6-8-12-18(14)35(32,33)17(20)4-2/h5-12H,3-4H2,1-2H3. The van der Waals surface area contributed by atoms with E-state index in [1.54, 1.807) is 0 Å². The van der Waals surface area contributed by atoms with Crippen LogP contribution in [0, 0.1) is 0 Å². The van der Waals surface area contributed by atoms with E-state index in [-0.39, 0.29) is 40.0 Å².